The molecule has 0 aliphatic heterocycles. The third-order valence-corrected chi connectivity index (χ3v) is 4.27. The molecule has 1 aliphatic carbocycles. The third-order valence-electron chi connectivity index (χ3n) is 3.36. The number of likely N-dealkylation sites (N-methyl/N-ethyl adjacent to an activating group) is 1. The molecule has 0 unspecified atom stereocenters. The summed E-state index contributed by atoms with van der Waals surface area (Å²) >= 11 is 0. The Labute approximate surface area is 119 Å². The molecule has 0 radical (unpaired) electrons. The lowest BCUT2D eigenvalue weighted by Crippen LogP contribution is -2.24. The van der Waals surface area contributed by atoms with Crippen LogP contribution in [0.4, 0.5) is 11.4 Å². The van der Waals surface area contributed by atoms with Crippen molar-refractivity contribution >= 4 is 21.4 Å². The number of ether oxygens (including phenoxy) is 1. The summed E-state index contributed by atoms with van der Waals surface area (Å²) in [6.07, 6.45) is 2.55. The predicted octanol–water partition coefficient (Wildman–Crippen LogP) is 0.779. The molecule has 7 heteroatoms. The van der Waals surface area contributed by atoms with Crippen LogP contribution in [-0.4, -0.2) is 35.2 Å². The van der Waals surface area contributed by atoms with Crippen molar-refractivity contribution in [1.29, 1.82) is 0 Å². The molecule has 4 N–H and O–H groups in total. The Kier molecular flexibility index (Phi) is 4.52. The maximum atomic E-state index is 11.2. The molecule has 0 heterocycles. The number of hydrogen-bond acceptors (Lipinski definition) is 5. The fourth-order valence-corrected chi connectivity index (χ4v) is 2.46. The summed E-state index contributed by atoms with van der Waals surface area (Å²) in [6, 6.07) is 4.50. The van der Waals surface area contributed by atoms with Gasteiger partial charge in [0.2, 0.25) is 10.0 Å². The Morgan fingerprint density at radius 3 is 2.65 bits per heavy atom. The van der Waals surface area contributed by atoms with E-state index in [9.17, 15) is 8.42 Å². The van der Waals surface area contributed by atoms with Gasteiger partial charge < -0.3 is 15.4 Å². The average Bonchev–Trinajstić information content (AvgIpc) is 3.17. The van der Waals surface area contributed by atoms with Crippen molar-refractivity contribution in [3.63, 3.8) is 0 Å². The highest BCUT2D eigenvalue weighted by Gasteiger charge is 2.21. The Morgan fingerprint density at radius 1 is 1.40 bits per heavy atom. The number of sulfonamides is 1. The van der Waals surface area contributed by atoms with Crippen molar-refractivity contribution in [2.45, 2.75) is 17.7 Å². The second-order valence-corrected chi connectivity index (χ2v) is 6.77. The largest absolute Gasteiger partial charge is 0.397 e. The fraction of sp³-hybridized carbons (Fsp3) is 0.538. The number of nitrogens with zero attached hydrogens (tertiary/aromatic N) is 1. The van der Waals surface area contributed by atoms with E-state index >= 15 is 0 Å². The number of nitrogen functional groups attached to an aromatic ring is 1. The van der Waals surface area contributed by atoms with Crippen LogP contribution >= 0.6 is 0 Å². The van der Waals surface area contributed by atoms with Gasteiger partial charge in [0.1, 0.15) is 0 Å². The lowest BCUT2D eigenvalue weighted by molar-refractivity contribution is 0.131. The van der Waals surface area contributed by atoms with Gasteiger partial charge in [-0.25, -0.2) is 13.6 Å². The van der Waals surface area contributed by atoms with Crippen molar-refractivity contribution in [2.75, 3.05) is 37.4 Å². The first-order valence-electron chi connectivity index (χ1n) is 6.59. The van der Waals surface area contributed by atoms with E-state index in [1.54, 1.807) is 6.07 Å². The predicted molar refractivity (Wildman–Crippen MR) is 79.0 cm³/mol. The molecule has 0 aromatic heterocycles. The van der Waals surface area contributed by atoms with Gasteiger partial charge in [0.05, 0.1) is 22.9 Å². The maximum Gasteiger partial charge on any atom is 0.238 e. The van der Waals surface area contributed by atoms with Gasteiger partial charge in [-0.15, -0.1) is 0 Å². The molecule has 20 heavy (non-hydrogen) atoms. The maximum absolute atomic E-state index is 11.2. The Bertz CT molecular complexity index is 570. The molecule has 112 valence electrons. The standard InChI is InChI=1S/C13H21N3O3S/c1-16(6-7-19-9-10-2-3-10)13-5-4-11(8-12(13)14)20(15,17)18/h4-5,8,10H,2-3,6-7,9,14H2,1H3,(H2,15,17,18). The van der Waals surface area contributed by atoms with Crippen molar-refractivity contribution in [3.8, 4) is 0 Å². The minimum atomic E-state index is -3.71. The minimum absolute atomic E-state index is 0.0251. The van der Waals surface area contributed by atoms with E-state index in [2.05, 4.69) is 0 Å². The SMILES string of the molecule is CN(CCOCC1CC1)c1ccc(S(N)(=O)=O)cc1N. The van der Waals surface area contributed by atoms with Crippen LogP contribution in [0.5, 0.6) is 0 Å². The van der Waals surface area contributed by atoms with Gasteiger partial charge in [-0.3, -0.25) is 0 Å². The molecule has 1 aromatic rings. The molecule has 0 spiro atoms. The first-order chi connectivity index (χ1) is 9.38. The van der Waals surface area contributed by atoms with Crippen LogP contribution in [0, 0.1) is 5.92 Å². The zero-order valence-electron chi connectivity index (χ0n) is 11.6. The second kappa shape index (κ2) is 5.99. The van der Waals surface area contributed by atoms with E-state index in [0.717, 1.165) is 18.2 Å². The highest BCUT2D eigenvalue weighted by Crippen LogP contribution is 2.29. The van der Waals surface area contributed by atoms with Gasteiger partial charge in [0.15, 0.2) is 0 Å². The fourth-order valence-electron chi connectivity index (χ4n) is 1.91. The van der Waals surface area contributed by atoms with Gasteiger partial charge >= 0.3 is 0 Å². The molecular formula is C13H21N3O3S. The van der Waals surface area contributed by atoms with Crippen LogP contribution in [0.1, 0.15) is 12.8 Å². The van der Waals surface area contributed by atoms with E-state index in [0.29, 0.717) is 18.8 Å². The lowest BCUT2D eigenvalue weighted by atomic mass is 10.2. The molecule has 0 bridgehead atoms. The monoisotopic (exact) mass is 299 g/mol. The summed E-state index contributed by atoms with van der Waals surface area (Å²) in [5.74, 6) is 0.749. The number of hydrogen-bond donors (Lipinski definition) is 2. The summed E-state index contributed by atoms with van der Waals surface area (Å²) in [5, 5.41) is 5.07. The topological polar surface area (TPSA) is 98.6 Å². The number of primary sulfonamides is 1. The molecule has 1 aromatic carbocycles. The molecule has 1 fully saturated rings. The molecule has 0 amide bonds. The van der Waals surface area contributed by atoms with Gasteiger partial charge in [-0.2, -0.15) is 0 Å². The van der Waals surface area contributed by atoms with Crippen LogP contribution in [-0.2, 0) is 14.8 Å². The summed E-state index contributed by atoms with van der Waals surface area (Å²) in [6.45, 7) is 2.16. The summed E-state index contributed by atoms with van der Waals surface area (Å²) in [5.41, 5.74) is 7.04. The third kappa shape index (κ3) is 4.09. The molecule has 0 saturated heterocycles. The lowest BCUT2D eigenvalue weighted by Gasteiger charge is -2.21. The average molecular weight is 299 g/mol. The van der Waals surface area contributed by atoms with E-state index in [4.69, 9.17) is 15.6 Å². The highest BCUT2D eigenvalue weighted by atomic mass is 32.2. The van der Waals surface area contributed by atoms with E-state index < -0.39 is 10.0 Å². The highest BCUT2D eigenvalue weighted by molar-refractivity contribution is 7.89. The van der Waals surface area contributed by atoms with Crippen LogP contribution in [0.15, 0.2) is 23.1 Å². The second-order valence-electron chi connectivity index (χ2n) is 5.21. The number of nitrogens with two attached hydrogens (primary N) is 2. The Hall–Kier alpha value is -1.31. The van der Waals surface area contributed by atoms with Crippen LogP contribution in [0.3, 0.4) is 0 Å². The number of benzene rings is 1. The molecule has 1 saturated carbocycles. The first kappa shape index (κ1) is 15.1. The molecule has 6 nitrogen and oxygen atoms in total. The van der Waals surface area contributed by atoms with Crippen molar-refractivity contribution in [2.24, 2.45) is 11.1 Å². The zero-order chi connectivity index (χ0) is 14.8. The van der Waals surface area contributed by atoms with Crippen molar-refractivity contribution in [3.05, 3.63) is 18.2 Å². The Morgan fingerprint density at radius 2 is 2.10 bits per heavy atom. The van der Waals surface area contributed by atoms with Crippen LogP contribution in [0.25, 0.3) is 0 Å². The van der Waals surface area contributed by atoms with Gasteiger partial charge in [0, 0.05) is 20.2 Å². The summed E-state index contributed by atoms with van der Waals surface area (Å²) in [4.78, 5) is 1.96. The molecule has 2 rings (SSSR count). The van der Waals surface area contributed by atoms with Gasteiger partial charge in [-0.1, -0.05) is 0 Å². The van der Waals surface area contributed by atoms with E-state index in [1.165, 1.54) is 25.0 Å². The van der Waals surface area contributed by atoms with Crippen LogP contribution < -0.4 is 15.8 Å². The van der Waals surface area contributed by atoms with Crippen LogP contribution in [0.2, 0.25) is 0 Å². The minimum Gasteiger partial charge on any atom is -0.397 e. The first-order valence-corrected chi connectivity index (χ1v) is 8.14. The summed E-state index contributed by atoms with van der Waals surface area (Å²) in [7, 11) is -1.82. The Balaban J connectivity index is 1.93. The molecule has 1 aliphatic rings. The molecule has 0 atom stereocenters. The van der Waals surface area contributed by atoms with E-state index in [1.807, 2.05) is 11.9 Å². The number of anilines is 2. The molecular weight excluding hydrogens is 278 g/mol. The number of rotatable bonds is 7. The normalized spacial score (nSPS) is 15.3. The van der Waals surface area contributed by atoms with Gasteiger partial charge in [0.25, 0.3) is 0 Å². The van der Waals surface area contributed by atoms with Crippen molar-refractivity contribution in [1.82, 2.24) is 0 Å². The van der Waals surface area contributed by atoms with Gasteiger partial charge in [-0.05, 0) is 37.0 Å². The summed E-state index contributed by atoms with van der Waals surface area (Å²) < 4.78 is 28.0. The zero-order valence-corrected chi connectivity index (χ0v) is 12.4. The quantitative estimate of drug-likeness (QED) is 0.572. The van der Waals surface area contributed by atoms with Crippen molar-refractivity contribution < 1.29 is 13.2 Å². The van der Waals surface area contributed by atoms with E-state index in [-0.39, 0.29) is 4.90 Å². The smallest absolute Gasteiger partial charge is 0.238 e.